The van der Waals surface area contributed by atoms with Gasteiger partial charge in [0.2, 0.25) is 0 Å². The normalized spacial score (nSPS) is 21.9. The summed E-state index contributed by atoms with van der Waals surface area (Å²) in [5.41, 5.74) is 2.03. The lowest BCUT2D eigenvalue weighted by atomic mass is 9.94. The van der Waals surface area contributed by atoms with E-state index < -0.39 is 17.7 Å². The van der Waals surface area contributed by atoms with Crippen LogP contribution in [0, 0.1) is 0 Å². The molecule has 2 atom stereocenters. The van der Waals surface area contributed by atoms with Crippen molar-refractivity contribution in [3.05, 3.63) is 81.3 Å². The van der Waals surface area contributed by atoms with Crippen LogP contribution in [0.4, 0.5) is 5.13 Å². The Morgan fingerprint density at radius 2 is 2.10 bits per heavy atom. The minimum Gasteiger partial charge on any atom is -0.507 e. The smallest absolute Gasteiger partial charge is 0.301 e. The number of ether oxygens (including phenoxy) is 1. The summed E-state index contributed by atoms with van der Waals surface area (Å²) in [6.45, 7) is 1.97. The second kappa shape index (κ2) is 7.51. The number of rotatable bonds is 3. The van der Waals surface area contributed by atoms with Crippen LogP contribution in [0.3, 0.4) is 0 Å². The van der Waals surface area contributed by atoms with Gasteiger partial charge in [-0.1, -0.05) is 23.7 Å². The van der Waals surface area contributed by atoms with Crippen LogP contribution in [0.15, 0.2) is 59.6 Å². The van der Waals surface area contributed by atoms with Crippen LogP contribution >= 0.6 is 22.9 Å². The summed E-state index contributed by atoms with van der Waals surface area (Å²) >= 11 is 7.44. The molecular formula is C23H17ClN2O4S. The minimum atomic E-state index is -0.840. The van der Waals surface area contributed by atoms with Gasteiger partial charge in [0.25, 0.3) is 5.78 Å². The number of anilines is 1. The molecule has 0 aliphatic carbocycles. The molecule has 2 unspecified atom stereocenters. The number of carbonyl (C=O) groups excluding carboxylic acids is 2. The summed E-state index contributed by atoms with van der Waals surface area (Å²) in [7, 11) is 0. The highest BCUT2D eigenvalue weighted by molar-refractivity contribution is 7.14. The molecule has 3 heterocycles. The number of aliphatic hydroxyl groups excluding tert-OH is 1. The predicted octanol–water partition coefficient (Wildman–Crippen LogP) is 4.75. The quantitative estimate of drug-likeness (QED) is 0.352. The number of halogens is 1. The molecule has 0 radical (unpaired) electrons. The Labute approximate surface area is 187 Å². The van der Waals surface area contributed by atoms with E-state index in [2.05, 4.69) is 4.98 Å². The fourth-order valence-electron chi connectivity index (χ4n) is 4.08. The second-order valence-electron chi connectivity index (χ2n) is 7.49. The molecule has 156 valence electrons. The van der Waals surface area contributed by atoms with Gasteiger partial charge in [-0.2, -0.15) is 0 Å². The molecule has 5 rings (SSSR count). The zero-order valence-electron chi connectivity index (χ0n) is 16.4. The molecule has 8 heteroatoms. The number of nitrogens with zero attached hydrogens (tertiary/aromatic N) is 2. The number of ketones is 1. The summed E-state index contributed by atoms with van der Waals surface area (Å²) < 4.78 is 5.73. The number of hydrogen-bond donors (Lipinski definition) is 1. The van der Waals surface area contributed by atoms with Gasteiger partial charge in [-0.3, -0.25) is 14.5 Å². The molecule has 1 N–H and O–H groups in total. The Hall–Kier alpha value is -3.16. The third kappa shape index (κ3) is 3.30. The third-order valence-electron chi connectivity index (χ3n) is 5.40. The number of aromatic nitrogens is 1. The molecule has 2 aliphatic heterocycles. The maximum atomic E-state index is 13.1. The molecule has 0 saturated carbocycles. The Balaban J connectivity index is 1.69. The largest absolute Gasteiger partial charge is 0.507 e. The van der Waals surface area contributed by atoms with Crippen molar-refractivity contribution in [1.29, 1.82) is 0 Å². The molecule has 0 bridgehead atoms. The summed E-state index contributed by atoms with van der Waals surface area (Å²) in [4.78, 5) is 31.6. The second-order valence-corrected chi connectivity index (χ2v) is 8.80. The van der Waals surface area contributed by atoms with Crippen molar-refractivity contribution in [2.24, 2.45) is 0 Å². The van der Waals surface area contributed by atoms with Crippen LogP contribution in [-0.2, 0) is 16.0 Å². The first-order valence-corrected chi connectivity index (χ1v) is 11.0. The predicted molar refractivity (Wildman–Crippen MR) is 119 cm³/mol. The highest BCUT2D eigenvalue weighted by Gasteiger charge is 2.48. The van der Waals surface area contributed by atoms with Gasteiger partial charge >= 0.3 is 5.91 Å². The van der Waals surface area contributed by atoms with Crippen LogP contribution in [0.1, 0.15) is 29.7 Å². The van der Waals surface area contributed by atoms with Crippen molar-refractivity contribution < 1.29 is 19.4 Å². The van der Waals surface area contributed by atoms with Gasteiger partial charge in [-0.25, -0.2) is 4.98 Å². The van der Waals surface area contributed by atoms with Gasteiger partial charge in [-0.05, 0) is 48.4 Å². The molecule has 3 aromatic rings. The Kier molecular flexibility index (Phi) is 4.79. The van der Waals surface area contributed by atoms with Crippen LogP contribution < -0.4 is 9.64 Å². The minimum absolute atomic E-state index is 0.00869. The average Bonchev–Trinajstić information content (AvgIpc) is 3.45. The van der Waals surface area contributed by atoms with E-state index in [-0.39, 0.29) is 17.4 Å². The zero-order chi connectivity index (χ0) is 21.7. The van der Waals surface area contributed by atoms with Gasteiger partial charge < -0.3 is 9.84 Å². The van der Waals surface area contributed by atoms with E-state index in [1.54, 1.807) is 54.0 Å². The average molecular weight is 453 g/mol. The SMILES string of the molecule is CC1Cc2cc(/C(O)=C3/C(=O)C(=O)N(c4nccs4)C3c3cccc(Cl)c3)ccc2O1. The van der Waals surface area contributed by atoms with Crippen LogP contribution in [0.5, 0.6) is 5.75 Å². The third-order valence-corrected chi connectivity index (χ3v) is 6.41. The highest BCUT2D eigenvalue weighted by atomic mass is 35.5. The van der Waals surface area contributed by atoms with Crippen LogP contribution in [-0.4, -0.2) is 27.9 Å². The van der Waals surface area contributed by atoms with E-state index in [0.717, 1.165) is 11.3 Å². The number of aliphatic hydroxyl groups is 1. The Bertz CT molecular complexity index is 1240. The first kappa shape index (κ1) is 19.8. The number of hydrogen-bond acceptors (Lipinski definition) is 6. The molecule has 0 spiro atoms. The highest BCUT2D eigenvalue weighted by Crippen LogP contribution is 2.43. The lowest BCUT2D eigenvalue weighted by molar-refractivity contribution is -0.132. The maximum absolute atomic E-state index is 13.1. The van der Waals surface area contributed by atoms with E-state index in [1.807, 2.05) is 6.92 Å². The molecule has 1 saturated heterocycles. The molecule has 2 aliphatic rings. The number of benzene rings is 2. The maximum Gasteiger partial charge on any atom is 0.301 e. The molecule has 2 aromatic carbocycles. The molecule has 1 amide bonds. The van der Waals surface area contributed by atoms with Crippen molar-refractivity contribution >= 4 is 45.5 Å². The van der Waals surface area contributed by atoms with E-state index in [9.17, 15) is 14.7 Å². The van der Waals surface area contributed by atoms with Gasteiger partial charge in [0, 0.05) is 28.6 Å². The Morgan fingerprint density at radius 3 is 2.84 bits per heavy atom. The topological polar surface area (TPSA) is 79.7 Å². The molecule has 6 nitrogen and oxygen atoms in total. The summed E-state index contributed by atoms with van der Waals surface area (Å²) in [6.07, 6.45) is 2.33. The zero-order valence-corrected chi connectivity index (χ0v) is 18.0. The summed E-state index contributed by atoms with van der Waals surface area (Å²) in [6, 6.07) is 11.3. The number of carbonyl (C=O) groups is 2. The van der Waals surface area contributed by atoms with E-state index in [0.29, 0.717) is 27.7 Å². The van der Waals surface area contributed by atoms with E-state index in [4.69, 9.17) is 16.3 Å². The summed E-state index contributed by atoms with van der Waals surface area (Å²) in [5.74, 6) is -0.967. The van der Waals surface area contributed by atoms with Gasteiger partial charge in [0.15, 0.2) is 5.13 Å². The van der Waals surface area contributed by atoms with Gasteiger partial charge in [0.05, 0.1) is 11.6 Å². The van der Waals surface area contributed by atoms with Gasteiger partial charge in [-0.15, -0.1) is 11.3 Å². The van der Waals surface area contributed by atoms with Crippen molar-refractivity contribution in [3.63, 3.8) is 0 Å². The van der Waals surface area contributed by atoms with Crippen LogP contribution in [0.25, 0.3) is 5.76 Å². The lowest BCUT2D eigenvalue weighted by Crippen LogP contribution is -2.29. The van der Waals surface area contributed by atoms with Crippen molar-refractivity contribution in [3.8, 4) is 5.75 Å². The molecule has 31 heavy (non-hydrogen) atoms. The lowest BCUT2D eigenvalue weighted by Gasteiger charge is -2.23. The number of fused-ring (bicyclic) bond motifs is 1. The molecule has 1 fully saturated rings. The van der Waals surface area contributed by atoms with Gasteiger partial charge in [0.1, 0.15) is 17.6 Å². The van der Waals surface area contributed by atoms with Crippen LogP contribution in [0.2, 0.25) is 5.02 Å². The number of Topliss-reactive ketones (excluding diaryl/α,β-unsaturated/α-hetero) is 1. The Morgan fingerprint density at radius 1 is 1.26 bits per heavy atom. The summed E-state index contributed by atoms with van der Waals surface area (Å²) in [5, 5.41) is 13.8. The van der Waals surface area contributed by atoms with Crippen molar-refractivity contribution in [1.82, 2.24) is 4.98 Å². The number of amides is 1. The fourth-order valence-corrected chi connectivity index (χ4v) is 4.95. The molecule has 1 aromatic heterocycles. The molecular weight excluding hydrogens is 436 g/mol. The van der Waals surface area contributed by atoms with Crippen molar-refractivity contribution in [2.75, 3.05) is 4.90 Å². The van der Waals surface area contributed by atoms with E-state index >= 15 is 0 Å². The van der Waals surface area contributed by atoms with Crippen molar-refractivity contribution in [2.45, 2.75) is 25.5 Å². The monoisotopic (exact) mass is 452 g/mol. The number of thiazole rings is 1. The first-order chi connectivity index (χ1) is 14.9. The fraction of sp³-hybridized carbons (Fsp3) is 0.174. The first-order valence-electron chi connectivity index (χ1n) is 9.70. The van der Waals surface area contributed by atoms with E-state index in [1.165, 1.54) is 16.2 Å². The standard InChI is InChI=1S/C23H17ClN2O4S/c1-12-9-15-10-14(5-6-17(15)30-12)20(27)18-19(13-3-2-4-16(24)11-13)26(22(29)21(18)28)23-25-7-8-31-23/h2-8,10-12,19,27H,9H2,1H3/b20-18-.